The van der Waals surface area contributed by atoms with Crippen molar-refractivity contribution in [3.63, 3.8) is 0 Å². The Kier molecular flexibility index (Phi) is 9.60. The van der Waals surface area contributed by atoms with Gasteiger partial charge in [-0.2, -0.15) is 21.8 Å². The largest absolute Gasteiger partial charge is 0.421 e. The molecule has 0 spiro atoms. The van der Waals surface area contributed by atoms with Gasteiger partial charge in [-0.15, -0.1) is 12.6 Å². The van der Waals surface area contributed by atoms with E-state index in [0.717, 1.165) is 11.8 Å². The van der Waals surface area contributed by atoms with Crippen LogP contribution in [0.5, 0.6) is 0 Å². The van der Waals surface area contributed by atoms with Crippen LogP contribution in [0.4, 0.5) is 18.9 Å². The van der Waals surface area contributed by atoms with Gasteiger partial charge in [0.05, 0.1) is 17.2 Å². The molecule has 43 heavy (non-hydrogen) atoms. The lowest BCUT2D eigenvalue weighted by atomic mass is 9.95. The number of alkyl halides is 3. The lowest BCUT2D eigenvalue weighted by Crippen LogP contribution is -2.59. The number of nitrogens with zero attached hydrogens (tertiary/aromatic N) is 3. The molecule has 0 saturated carbocycles. The summed E-state index contributed by atoms with van der Waals surface area (Å²) in [6, 6.07) is 19.1. The predicted octanol–water partition coefficient (Wildman–Crippen LogP) is 4.65. The first-order chi connectivity index (χ1) is 19.9. The minimum atomic E-state index is -4.90. The zero-order valence-electron chi connectivity index (χ0n) is 23.8. The van der Waals surface area contributed by atoms with Gasteiger partial charge >= 0.3 is 6.18 Å². The topological polar surface area (TPSA) is 98.2 Å². The van der Waals surface area contributed by atoms with Crippen LogP contribution in [0.3, 0.4) is 0 Å². The van der Waals surface area contributed by atoms with Crippen molar-refractivity contribution in [3.8, 4) is 0 Å². The van der Waals surface area contributed by atoms with Crippen LogP contribution >= 0.6 is 12.6 Å². The molecule has 3 atom stereocenters. The van der Waals surface area contributed by atoms with Crippen LogP contribution in [0.1, 0.15) is 31.0 Å². The van der Waals surface area contributed by atoms with E-state index < -0.39 is 43.9 Å². The Morgan fingerprint density at radius 2 is 1.53 bits per heavy atom. The summed E-state index contributed by atoms with van der Waals surface area (Å²) in [5.41, 5.74) is -2.24. The van der Waals surface area contributed by atoms with Gasteiger partial charge in [0.1, 0.15) is 0 Å². The lowest BCUT2D eigenvalue weighted by molar-refractivity contribution is -0.258. The standard InChI is InChI=1S/C29H34F3N3O5S3/c1-21(22-9-5-4-6-10-22)35(42(3,37)38)20-25-19-33(43(39,40)27-12-8-7-11-26(27)41)17-18-34(25)24-15-13-23(14-16-24)28(2,36)29(30,31)32/h4-16,21,25,36,41H,17-20H2,1-3H3/t21-,25+,28+/m0/s1. The van der Waals surface area contributed by atoms with Gasteiger partial charge in [0.15, 0.2) is 5.60 Å². The van der Waals surface area contributed by atoms with Crippen LogP contribution < -0.4 is 4.90 Å². The van der Waals surface area contributed by atoms with E-state index in [4.69, 9.17) is 0 Å². The summed E-state index contributed by atoms with van der Waals surface area (Å²) in [4.78, 5) is 2.08. The molecular weight excluding hydrogens is 624 g/mol. The smallest absolute Gasteiger partial charge is 0.376 e. The molecule has 0 amide bonds. The summed E-state index contributed by atoms with van der Waals surface area (Å²) in [6.07, 6.45) is -3.82. The van der Waals surface area contributed by atoms with Gasteiger partial charge in [0.2, 0.25) is 20.0 Å². The number of rotatable bonds is 9. The second kappa shape index (κ2) is 12.4. The monoisotopic (exact) mass is 657 g/mol. The number of hydrogen-bond donors (Lipinski definition) is 2. The maximum Gasteiger partial charge on any atom is 0.421 e. The molecule has 3 aromatic carbocycles. The van der Waals surface area contributed by atoms with Crippen LogP contribution in [0, 0.1) is 0 Å². The van der Waals surface area contributed by atoms with Crippen molar-refractivity contribution in [2.24, 2.45) is 0 Å². The number of benzene rings is 3. The molecule has 0 radical (unpaired) electrons. The van der Waals surface area contributed by atoms with E-state index in [1.54, 1.807) is 54.3 Å². The van der Waals surface area contributed by atoms with E-state index in [1.165, 1.54) is 38.9 Å². The van der Waals surface area contributed by atoms with E-state index in [1.807, 2.05) is 6.07 Å². The van der Waals surface area contributed by atoms with E-state index >= 15 is 0 Å². The highest BCUT2D eigenvalue weighted by molar-refractivity contribution is 7.90. The quantitative estimate of drug-likeness (QED) is 0.326. The third-order valence-electron chi connectivity index (χ3n) is 7.77. The number of halogens is 3. The number of piperazine rings is 1. The average Bonchev–Trinajstić information content (AvgIpc) is 2.95. The fourth-order valence-electron chi connectivity index (χ4n) is 5.18. The highest BCUT2D eigenvalue weighted by Crippen LogP contribution is 2.39. The Hall–Kier alpha value is -2.62. The van der Waals surface area contributed by atoms with Gasteiger partial charge in [0, 0.05) is 42.8 Å². The van der Waals surface area contributed by atoms with Gasteiger partial charge in [-0.05, 0) is 49.2 Å². The molecular formula is C29H34F3N3O5S3. The molecule has 0 unspecified atom stereocenters. The molecule has 1 aliphatic rings. The Bertz CT molecular complexity index is 1640. The van der Waals surface area contributed by atoms with Gasteiger partial charge < -0.3 is 10.0 Å². The summed E-state index contributed by atoms with van der Waals surface area (Å²) in [5, 5.41) is 10.1. The maximum atomic E-state index is 13.7. The molecule has 1 saturated heterocycles. The molecule has 8 nitrogen and oxygen atoms in total. The summed E-state index contributed by atoms with van der Waals surface area (Å²) in [7, 11) is -7.82. The van der Waals surface area contributed by atoms with Crippen molar-refractivity contribution < 1.29 is 35.1 Å². The van der Waals surface area contributed by atoms with Gasteiger partial charge in [-0.25, -0.2) is 16.8 Å². The van der Waals surface area contributed by atoms with E-state index in [-0.39, 0.29) is 41.5 Å². The highest BCUT2D eigenvalue weighted by atomic mass is 32.2. The van der Waals surface area contributed by atoms with Gasteiger partial charge in [-0.3, -0.25) is 0 Å². The second-order valence-corrected chi connectivity index (χ2v) is 15.0. The van der Waals surface area contributed by atoms with E-state index in [2.05, 4.69) is 12.6 Å². The Morgan fingerprint density at radius 1 is 0.953 bits per heavy atom. The van der Waals surface area contributed by atoms with E-state index in [9.17, 15) is 35.1 Å². The number of thiol groups is 1. The average molecular weight is 658 g/mol. The van der Waals surface area contributed by atoms with Gasteiger partial charge in [-0.1, -0.05) is 54.6 Å². The van der Waals surface area contributed by atoms with Gasteiger partial charge in [0.25, 0.3) is 0 Å². The highest BCUT2D eigenvalue weighted by Gasteiger charge is 2.51. The first-order valence-corrected chi connectivity index (χ1v) is 17.1. The van der Waals surface area contributed by atoms with Crippen molar-refractivity contribution in [1.29, 1.82) is 0 Å². The fourth-order valence-corrected chi connectivity index (χ4v) is 8.38. The molecule has 1 heterocycles. The number of hydrogen-bond acceptors (Lipinski definition) is 7. The van der Waals surface area contributed by atoms with Crippen LogP contribution in [-0.4, -0.2) is 75.2 Å². The molecule has 4 rings (SSSR count). The predicted molar refractivity (Wildman–Crippen MR) is 162 cm³/mol. The normalized spacial score (nSPS) is 19.3. The minimum Gasteiger partial charge on any atom is -0.376 e. The molecule has 0 aliphatic carbocycles. The molecule has 14 heteroatoms. The first-order valence-electron chi connectivity index (χ1n) is 13.4. The fraction of sp³-hybridized carbons (Fsp3) is 0.379. The van der Waals surface area contributed by atoms with E-state index in [0.29, 0.717) is 12.6 Å². The molecule has 1 N–H and O–H groups in total. The van der Waals surface area contributed by atoms with Crippen molar-refractivity contribution in [2.45, 2.75) is 47.5 Å². The third kappa shape index (κ3) is 7.04. The maximum absolute atomic E-state index is 13.7. The van der Waals surface area contributed by atoms with Crippen molar-refractivity contribution in [3.05, 3.63) is 90.0 Å². The summed E-state index contributed by atoms with van der Waals surface area (Å²) >= 11 is 4.32. The molecule has 0 bridgehead atoms. The second-order valence-electron chi connectivity index (χ2n) is 10.7. The van der Waals surface area contributed by atoms with Crippen molar-refractivity contribution in [2.75, 3.05) is 37.3 Å². The number of sulfonamides is 2. The van der Waals surface area contributed by atoms with Crippen molar-refractivity contribution in [1.82, 2.24) is 8.61 Å². The zero-order chi connectivity index (χ0) is 31.8. The summed E-state index contributed by atoms with van der Waals surface area (Å²) in [6.45, 7) is 2.37. The van der Waals surface area contributed by atoms with Crippen LogP contribution in [0.25, 0.3) is 0 Å². The third-order valence-corrected chi connectivity index (χ3v) is 11.6. The number of aliphatic hydroxyl groups is 1. The van der Waals surface area contributed by atoms with Crippen molar-refractivity contribution >= 4 is 38.4 Å². The summed E-state index contributed by atoms with van der Waals surface area (Å²) in [5.74, 6) is 0. The zero-order valence-corrected chi connectivity index (χ0v) is 26.3. The van der Waals surface area contributed by atoms with Crippen LogP contribution in [-0.2, 0) is 25.6 Å². The lowest BCUT2D eigenvalue weighted by Gasteiger charge is -2.44. The van der Waals surface area contributed by atoms with Crippen LogP contribution in [0.15, 0.2) is 88.7 Å². The molecule has 0 aromatic heterocycles. The SMILES string of the molecule is C[C@@H](c1ccccc1)N(C[C@H]1CN(S(=O)(=O)c2ccccc2S)CCN1c1ccc([C@@](C)(O)C(F)(F)F)cc1)S(C)(=O)=O. The first kappa shape index (κ1) is 33.3. The molecule has 1 fully saturated rings. The molecule has 3 aromatic rings. The number of anilines is 1. The Morgan fingerprint density at radius 3 is 2.09 bits per heavy atom. The minimum absolute atomic E-state index is 0.0156. The Balaban J connectivity index is 1.73. The Labute approximate surface area is 256 Å². The van der Waals surface area contributed by atoms with Crippen LogP contribution in [0.2, 0.25) is 0 Å². The molecule has 234 valence electrons. The molecule has 1 aliphatic heterocycles. The summed E-state index contributed by atoms with van der Waals surface area (Å²) < 4.78 is 96.4.